The summed E-state index contributed by atoms with van der Waals surface area (Å²) in [5.74, 6) is -0.137. The molecule has 1 aromatic heterocycles. The molecule has 27 heavy (non-hydrogen) atoms. The van der Waals surface area contributed by atoms with Gasteiger partial charge in [-0.1, -0.05) is 36.4 Å². The van der Waals surface area contributed by atoms with Crippen molar-refractivity contribution in [3.05, 3.63) is 71.4 Å². The van der Waals surface area contributed by atoms with Crippen molar-refractivity contribution >= 4 is 28.4 Å². The van der Waals surface area contributed by atoms with Crippen molar-refractivity contribution in [3.63, 3.8) is 0 Å². The molecule has 3 aromatic rings. The quantitative estimate of drug-likeness (QED) is 0.780. The van der Waals surface area contributed by atoms with Crippen molar-refractivity contribution < 1.29 is 9.59 Å². The number of aromatic nitrogens is 1. The monoisotopic (exact) mass is 359 g/mol. The molecule has 0 spiro atoms. The maximum atomic E-state index is 13.0. The zero-order valence-electron chi connectivity index (χ0n) is 15.4. The van der Waals surface area contributed by atoms with Crippen LogP contribution in [0, 0.1) is 13.8 Å². The largest absolute Gasteiger partial charge is 0.347 e. The second-order valence-electron chi connectivity index (χ2n) is 7.00. The molecule has 1 fully saturated rings. The maximum Gasteiger partial charge on any atom is 0.252 e. The zero-order chi connectivity index (χ0) is 19.0. The van der Waals surface area contributed by atoms with Gasteiger partial charge in [0.1, 0.15) is 0 Å². The lowest BCUT2D eigenvalue weighted by atomic mass is 10.0. The van der Waals surface area contributed by atoms with Crippen LogP contribution in [-0.2, 0) is 4.79 Å². The first-order chi connectivity index (χ1) is 13.0. The number of amides is 2. The highest BCUT2D eigenvalue weighted by Crippen LogP contribution is 2.24. The van der Waals surface area contributed by atoms with Gasteiger partial charge in [0.15, 0.2) is 0 Å². The lowest BCUT2D eigenvalue weighted by molar-refractivity contribution is -0.117. The molecule has 0 radical (unpaired) electrons. The van der Waals surface area contributed by atoms with Gasteiger partial charge in [0.05, 0.1) is 17.1 Å². The molecule has 5 heteroatoms. The van der Waals surface area contributed by atoms with E-state index in [1.165, 1.54) is 0 Å². The van der Waals surface area contributed by atoms with E-state index in [2.05, 4.69) is 10.3 Å². The average molecular weight is 359 g/mol. The minimum absolute atomic E-state index is 0.0260. The van der Waals surface area contributed by atoms with E-state index in [4.69, 9.17) is 0 Å². The molecular weight excluding hydrogens is 338 g/mol. The second-order valence-corrected chi connectivity index (χ2v) is 7.00. The highest BCUT2D eigenvalue weighted by Gasteiger charge is 2.32. The summed E-state index contributed by atoms with van der Waals surface area (Å²) >= 11 is 0. The highest BCUT2D eigenvalue weighted by molar-refractivity contribution is 6.07. The van der Waals surface area contributed by atoms with Crippen molar-refractivity contribution in [2.24, 2.45) is 0 Å². The van der Waals surface area contributed by atoms with Crippen LogP contribution in [0.3, 0.4) is 0 Å². The highest BCUT2D eigenvalue weighted by atomic mass is 16.2. The molecule has 0 saturated carbocycles. The smallest absolute Gasteiger partial charge is 0.252 e. The van der Waals surface area contributed by atoms with Gasteiger partial charge >= 0.3 is 0 Å². The van der Waals surface area contributed by atoms with Crippen molar-refractivity contribution in [3.8, 4) is 0 Å². The van der Waals surface area contributed by atoms with E-state index in [1.54, 1.807) is 4.90 Å². The Labute approximate surface area is 158 Å². The number of benzene rings is 2. The summed E-state index contributed by atoms with van der Waals surface area (Å²) in [7, 11) is 0. The standard InChI is InChI=1S/C22H21N3O2/c1-14-7-6-10-18-19(11-15(2)23-21(14)18)22(27)24-16-12-20(26)25(13-16)17-8-4-3-5-9-17/h3-11,16H,12-13H2,1-2H3,(H,24,27). The van der Waals surface area contributed by atoms with Gasteiger partial charge in [-0.3, -0.25) is 14.6 Å². The van der Waals surface area contributed by atoms with Crippen LogP contribution < -0.4 is 10.2 Å². The van der Waals surface area contributed by atoms with Crippen LogP contribution in [0.15, 0.2) is 54.6 Å². The second kappa shape index (κ2) is 6.83. The fourth-order valence-electron chi connectivity index (χ4n) is 3.63. The van der Waals surface area contributed by atoms with Gasteiger partial charge in [-0.25, -0.2) is 0 Å². The SMILES string of the molecule is Cc1cc(C(=O)NC2CC(=O)N(c3ccccc3)C2)c2cccc(C)c2n1. The van der Waals surface area contributed by atoms with Crippen LogP contribution in [0.1, 0.15) is 28.0 Å². The summed E-state index contributed by atoms with van der Waals surface area (Å²) < 4.78 is 0. The summed E-state index contributed by atoms with van der Waals surface area (Å²) in [5, 5.41) is 3.87. The molecule has 1 atom stereocenters. The Morgan fingerprint density at radius 1 is 1.11 bits per heavy atom. The molecule has 1 saturated heterocycles. The number of para-hydroxylation sites is 2. The molecule has 0 aliphatic carbocycles. The normalized spacial score (nSPS) is 16.7. The summed E-state index contributed by atoms with van der Waals surface area (Å²) in [6, 6.07) is 17.0. The zero-order valence-corrected chi connectivity index (χ0v) is 15.4. The van der Waals surface area contributed by atoms with E-state index in [0.717, 1.165) is 27.8 Å². The fraction of sp³-hybridized carbons (Fsp3) is 0.227. The predicted molar refractivity (Wildman–Crippen MR) is 106 cm³/mol. The first kappa shape index (κ1) is 17.2. The number of fused-ring (bicyclic) bond motifs is 1. The Kier molecular flexibility index (Phi) is 4.36. The summed E-state index contributed by atoms with van der Waals surface area (Å²) in [5.41, 5.74) is 4.15. The third-order valence-corrected chi connectivity index (χ3v) is 4.94. The van der Waals surface area contributed by atoms with Crippen LogP contribution in [0.25, 0.3) is 10.9 Å². The third-order valence-electron chi connectivity index (χ3n) is 4.94. The molecule has 0 bridgehead atoms. The molecule has 5 nitrogen and oxygen atoms in total. The van der Waals surface area contributed by atoms with Gasteiger partial charge in [0, 0.05) is 29.7 Å². The number of hydrogen-bond acceptors (Lipinski definition) is 3. The van der Waals surface area contributed by atoms with Crippen LogP contribution in [0.2, 0.25) is 0 Å². The van der Waals surface area contributed by atoms with E-state index < -0.39 is 0 Å². The van der Waals surface area contributed by atoms with E-state index in [0.29, 0.717) is 18.5 Å². The van der Waals surface area contributed by atoms with Crippen molar-refractivity contribution in [2.75, 3.05) is 11.4 Å². The minimum Gasteiger partial charge on any atom is -0.347 e. The maximum absolute atomic E-state index is 13.0. The summed E-state index contributed by atoms with van der Waals surface area (Å²) in [4.78, 5) is 31.6. The van der Waals surface area contributed by atoms with Crippen LogP contribution in [-0.4, -0.2) is 29.4 Å². The van der Waals surface area contributed by atoms with E-state index in [1.807, 2.05) is 68.4 Å². The van der Waals surface area contributed by atoms with Gasteiger partial charge in [-0.15, -0.1) is 0 Å². The first-order valence-corrected chi connectivity index (χ1v) is 9.06. The first-order valence-electron chi connectivity index (χ1n) is 9.06. The van der Waals surface area contributed by atoms with Gasteiger partial charge in [-0.2, -0.15) is 0 Å². The van der Waals surface area contributed by atoms with E-state index in [9.17, 15) is 9.59 Å². The molecule has 2 heterocycles. The van der Waals surface area contributed by atoms with Crippen molar-refractivity contribution in [1.82, 2.24) is 10.3 Å². The summed E-state index contributed by atoms with van der Waals surface area (Å²) in [6.07, 6.45) is 0.307. The van der Waals surface area contributed by atoms with E-state index >= 15 is 0 Å². The lowest BCUT2D eigenvalue weighted by Gasteiger charge is -2.17. The number of rotatable bonds is 3. The fourth-order valence-corrected chi connectivity index (χ4v) is 3.63. The molecule has 2 aromatic carbocycles. The number of carbonyl (C=O) groups excluding carboxylic acids is 2. The average Bonchev–Trinajstić information content (AvgIpc) is 3.02. The third kappa shape index (κ3) is 3.28. The molecule has 1 N–H and O–H groups in total. The molecule has 136 valence electrons. The van der Waals surface area contributed by atoms with Crippen LogP contribution in [0.4, 0.5) is 5.69 Å². The van der Waals surface area contributed by atoms with Crippen LogP contribution in [0.5, 0.6) is 0 Å². The van der Waals surface area contributed by atoms with Crippen LogP contribution >= 0.6 is 0 Å². The summed E-state index contributed by atoms with van der Waals surface area (Å²) in [6.45, 7) is 4.36. The molecular formula is C22H21N3O2. The molecule has 1 aliphatic rings. The number of aryl methyl sites for hydroxylation is 2. The van der Waals surface area contributed by atoms with Gasteiger partial charge in [-0.05, 0) is 37.6 Å². The Hall–Kier alpha value is -3.21. The number of hydrogen-bond donors (Lipinski definition) is 1. The molecule has 2 amide bonds. The van der Waals surface area contributed by atoms with E-state index in [-0.39, 0.29) is 17.9 Å². The Morgan fingerprint density at radius 3 is 2.67 bits per heavy atom. The van der Waals surface area contributed by atoms with Crippen molar-refractivity contribution in [1.29, 1.82) is 0 Å². The topological polar surface area (TPSA) is 62.3 Å². The number of anilines is 1. The van der Waals surface area contributed by atoms with Gasteiger partial charge in [0.25, 0.3) is 5.91 Å². The lowest BCUT2D eigenvalue weighted by Crippen LogP contribution is -2.37. The molecule has 1 aliphatic heterocycles. The number of pyridine rings is 1. The number of carbonyl (C=O) groups is 2. The Morgan fingerprint density at radius 2 is 1.89 bits per heavy atom. The molecule has 1 unspecified atom stereocenters. The number of nitrogens with zero attached hydrogens (tertiary/aromatic N) is 2. The van der Waals surface area contributed by atoms with Crippen molar-refractivity contribution in [2.45, 2.75) is 26.3 Å². The minimum atomic E-state index is -0.210. The predicted octanol–water partition coefficient (Wildman–Crippen LogP) is 3.39. The Bertz CT molecular complexity index is 1030. The number of nitrogens with one attached hydrogen (secondary N) is 1. The van der Waals surface area contributed by atoms with Gasteiger partial charge in [0.2, 0.25) is 5.91 Å². The van der Waals surface area contributed by atoms with Gasteiger partial charge < -0.3 is 10.2 Å². The molecule has 4 rings (SSSR count). The Balaban J connectivity index is 1.58.